The second-order valence-corrected chi connectivity index (χ2v) is 4.91. The Morgan fingerprint density at radius 1 is 1.40 bits per heavy atom. The molecule has 0 spiro atoms. The highest BCUT2D eigenvalue weighted by molar-refractivity contribution is 6.32. The van der Waals surface area contributed by atoms with E-state index in [2.05, 4.69) is 15.3 Å². The number of rotatable bonds is 2. The molecule has 0 aromatic carbocycles. The molecule has 2 aromatic rings. The van der Waals surface area contributed by atoms with Crippen LogP contribution in [-0.2, 0) is 6.18 Å². The van der Waals surface area contributed by atoms with E-state index in [1.807, 2.05) is 0 Å². The molecule has 1 aliphatic carbocycles. The van der Waals surface area contributed by atoms with Gasteiger partial charge in [-0.15, -0.1) is 0 Å². The van der Waals surface area contributed by atoms with Crippen LogP contribution in [0.2, 0.25) is 5.02 Å². The number of alkyl halides is 3. The van der Waals surface area contributed by atoms with E-state index in [9.17, 15) is 18.0 Å². The van der Waals surface area contributed by atoms with E-state index in [1.165, 1.54) is 6.20 Å². The average molecular weight is 305 g/mol. The molecular formula is C11H8ClF3N4O. The lowest BCUT2D eigenvalue weighted by atomic mass is 10.2. The fourth-order valence-electron chi connectivity index (χ4n) is 1.92. The Morgan fingerprint density at radius 2 is 2.10 bits per heavy atom. The normalized spacial score (nSPS) is 15.6. The maximum Gasteiger partial charge on any atom is 0.435 e. The first kappa shape index (κ1) is 13.2. The van der Waals surface area contributed by atoms with E-state index in [-0.39, 0.29) is 16.6 Å². The molecule has 0 atom stereocenters. The summed E-state index contributed by atoms with van der Waals surface area (Å²) in [6, 6.07) is 0.995. The van der Waals surface area contributed by atoms with Crippen LogP contribution in [0.4, 0.5) is 13.2 Å². The molecule has 1 saturated carbocycles. The molecule has 0 radical (unpaired) electrons. The summed E-state index contributed by atoms with van der Waals surface area (Å²) in [7, 11) is 0. The smallest absolute Gasteiger partial charge is 0.266 e. The number of hydrogen-bond acceptors (Lipinski definition) is 3. The number of hydrogen-bond donors (Lipinski definition) is 1. The molecule has 1 N–H and O–H groups in total. The zero-order valence-corrected chi connectivity index (χ0v) is 10.7. The van der Waals surface area contributed by atoms with Crippen molar-refractivity contribution >= 4 is 11.6 Å². The van der Waals surface area contributed by atoms with Gasteiger partial charge in [0, 0.05) is 11.6 Å². The van der Waals surface area contributed by atoms with Gasteiger partial charge < -0.3 is 0 Å². The van der Waals surface area contributed by atoms with Gasteiger partial charge in [0.25, 0.3) is 5.56 Å². The molecule has 5 nitrogen and oxygen atoms in total. The van der Waals surface area contributed by atoms with Crippen LogP contribution in [0.25, 0.3) is 5.69 Å². The molecule has 0 unspecified atom stereocenters. The van der Waals surface area contributed by atoms with Crippen LogP contribution >= 0.6 is 11.6 Å². The summed E-state index contributed by atoms with van der Waals surface area (Å²) < 4.78 is 39.4. The average Bonchev–Trinajstić information content (AvgIpc) is 3.11. The van der Waals surface area contributed by atoms with E-state index in [0.29, 0.717) is 5.69 Å². The Morgan fingerprint density at radius 3 is 2.70 bits per heavy atom. The third kappa shape index (κ3) is 2.20. The Labute approximate surface area is 115 Å². The van der Waals surface area contributed by atoms with Gasteiger partial charge in [0.05, 0.1) is 6.20 Å². The van der Waals surface area contributed by atoms with E-state index in [1.54, 1.807) is 0 Å². The van der Waals surface area contributed by atoms with Gasteiger partial charge in [0.2, 0.25) is 0 Å². The molecule has 2 heterocycles. The molecule has 2 aromatic heterocycles. The summed E-state index contributed by atoms with van der Waals surface area (Å²) in [6.07, 6.45) is -1.78. The lowest BCUT2D eigenvalue weighted by Gasteiger charge is -2.07. The first-order valence-electron chi connectivity index (χ1n) is 5.78. The van der Waals surface area contributed by atoms with Crippen LogP contribution < -0.4 is 5.56 Å². The zero-order chi connectivity index (χ0) is 14.5. The standard InChI is InChI=1S/C11H8ClF3N4O/c12-9-7(4-16-17-10(9)20)19-6(5-1-2-5)3-8(18-19)11(13,14)15/h3-5H,1-2H2,(H,17,20). The maximum atomic E-state index is 12.8. The van der Waals surface area contributed by atoms with Crippen molar-refractivity contribution in [2.75, 3.05) is 0 Å². The number of nitrogens with zero attached hydrogens (tertiary/aromatic N) is 3. The lowest BCUT2D eigenvalue weighted by molar-refractivity contribution is -0.141. The van der Waals surface area contributed by atoms with Crippen molar-refractivity contribution in [1.82, 2.24) is 20.0 Å². The van der Waals surface area contributed by atoms with Crippen molar-refractivity contribution in [2.24, 2.45) is 0 Å². The largest absolute Gasteiger partial charge is 0.435 e. The van der Waals surface area contributed by atoms with Crippen molar-refractivity contribution in [3.05, 3.63) is 39.0 Å². The van der Waals surface area contributed by atoms with Gasteiger partial charge in [-0.1, -0.05) is 11.6 Å². The van der Waals surface area contributed by atoms with Gasteiger partial charge in [-0.05, 0) is 18.9 Å². The second-order valence-electron chi connectivity index (χ2n) is 4.54. The van der Waals surface area contributed by atoms with Crippen LogP contribution in [0, 0.1) is 0 Å². The summed E-state index contributed by atoms with van der Waals surface area (Å²) in [5.74, 6) is 0.00829. The number of nitrogens with one attached hydrogen (secondary N) is 1. The Kier molecular flexibility index (Phi) is 2.86. The molecule has 106 valence electrons. The molecule has 20 heavy (non-hydrogen) atoms. The Hall–Kier alpha value is -1.83. The summed E-state index contributed by atoms with van der Waals surface area (Å²) >= 11 is 5.82. The fourth-order valence-corrected chi connectivity index (χ4v) is 2.09. The molecular weight excluding hydrogens is 297 g/mol. The third-order valence-electron chi connectivity index (χ3n) is 3.03. The van der Waals surface area contributed by atoms with Gasteiger partial charge in [0.1, 0.15) is 10.7 Å². The highest BCUT2D eigenvalue weighted by Gasteiger charge is 2.38. The minimum Gasteiger partial charge on any atom is -0.266 e. The topological polar surface area (TPSA) is 63.6 Å². The van der Waals surface area contributed by atoms with Gasteiger partial charge in [0.15, 0.2) is 5.69 Å². The quantitative estimate of drug-likeness (QED) is 0.927. The SMILES string of the molecule is O=c1[nH]ncc(-n2nc(C(F)(F)F)cc2C2CC2)c1Cl. The molecule has 0 amide bonds. The lowest BCUT2D eigenvalue weighted by Crippen LogP contribution is -2.14. The number of H-pyrrole nitrogens is 1. The van der Waals surface area contributed by atoms with Gasteiger partial charge >= 0.3 is 6.18 Å². The Bertz CT molecular complexity index is 717. The van der Waals surface area contributed by atoms with Crippen LogP contribution in [0.5, 0.6) is 0 Å². The first-order valence-corrected chi connectivity index (χ1v) is 6.16. The molecule has 0 saturated heterocycles. The number of aromatic nitrogens is 4. The molecule has 1 aliphatic rings. The number of aromatic amines is 1. The van der Waals surface area contributed by atoms with Crippen molar-refractivity contribution in [2.45, 2.75) is 24.9 Å². The minimum absolute atomic E-state index is 0.00829. The van der Waals surface area contributed by atoms with Gasteiger partial charge in [-0.25, -0.2) is 9.78 Å². The van der Waals surface area contributed by atoms with E-state index in [0.717, 1.165) is 23.6 Å². The highest BCUT2D eigenvalue weighted by Crippen LogP contribution is 2.43. The summed E-state index contributed by atoms with van der Waals surface area (Å²) in [5, 5.41) is 8.95. The van der Waals surface area contributed by atoms with E-state index < -0.39 is 17.4 Å². The van der Waals surface area contributed by atoms with Crippen molar-refractivity contribution < 1.29 is 13.2 Å². The third-order valence-corrected chi connectivity index (χ3v) is 3.39. The summed E-state index contributed by atoms with van der Waals surface area (Å²) in [4.78, 5) is 11.4. The summed E-state index contributed by atoms with van der Waals surface area (Å²) in [5.41, 5.74) is -1.23. The fraction of sp³-hybridized carbons (Fsp3) is 0.364. The molecule has 0 bridgehead atoms. The molecule has 3 rings (SSSR count). The maximum absolute atomic E-state index is 12.8. The highest BCUT2D eigenvalue weighted by atomic mass is 35.5. The van der Waals surface area contributed by atoms with Crippen molar-refractivity contribution in [1.29, 1.82) is 0 Å². The van der Waals surface area contributed by atoms with Crippen LogP contribution in [0.15, 0.2) is 17.1 Å². The predicted octanol–water partition coefficient (Wildman–Crippen LogP) is 2.51. The van der Waals surface area contributed by atoms with Crippen molar-refractivity contribution in [3.8, 4) is 5.69 Å². The first-order chi connectivity index (χ1) is 9.38. The van der Waals surface area contributed by atoms with Crippen LogP contribution in [-0.4, -0.2) is 20.0 Å². The molecule has 1 fully saturated rings. The summed E-state index contributed by atoms with van der Waals surface area (Å²) in [6.45, 7) is 0. The van der Waals surface area contributed by atoms with E-state index in [4.69, 9.17) is 11.6 Å². The predicted molar refractivity (Wildman–Crippen MR) is 64.0 cm³/mol. The monoisotopic (exact) mass is 304 g/mol. The van der Waals surface area contributed by atoms with Gasteiger partial charge in [-0.3, -0.25) is 4.79 Å². The van der Waals surface area contributed by atoms with Crippen molar-refractivity contribution in [3.63, 3.8) is 0 Å². The number of halogens is 4. The van der Waals surface area contributed by atoms with Crippen LogP contribution in [0.3, 0.4) is 0 Å². The second kappa shape index (κ2) is 4.34. The van der Waals surface area contributed by atoms with Gasteiger partial charge in [-0.2, -0.15) is 23.4 Å². The van der Waals surface area contributed by atoms with E-state index >= 15 is 0 Å². The Balaban J connectivity index is 2.19. The zero-order valence-electron chi connectivity index (χ0n) is 9.91. The molecule has 0 aliphatic heterocycles. The van der Waals surface area contributed by atoms with Crippen LogP contribution in [0.1, 0.15) is 30.1 Å². The minimum atomic E-state index is -4.55. The molecule has 9 heteroatoms.